The fourth-order valence-electron chi connectivity index (χ4n) is 4.80. The number of aromatic amines is 1. The minimum Gasteiger partial charge on any atom is -0.371 e. The molecule has 1 aliphatic heterocycles. The van der Waals surface area contributed by atoms with Crippen LogP contribution in [-0.2, 0) is 23.5 Å². The number of unbranched alkanes of at least 4 members (excludes halogenated alkanes) is 13. The molecule has 0 aromatic carbocycles. The summed E-state index contributed by atoms with van der Waals surface area (Å²) in [6.45, 7) is 2.95. The van der Waals surface area contributed by atoms with E-state index < -0.39 is 50.0 Å². The molecule has 2 heterocycles. The quantitative estimate of drug-likeness (QED) is 0.150. The van der Waals surface area contributed by atoms with Gasteiger partial charge in [0.15, 0.2) is 6.23 Å². The molecule has 220 valence electrons. The Bertz CT molecular complexity index is 936. The van der Waals surface area contributed by atoms with Crippen LogP contribution in [0.25, 0.3) is 0 Å². The maximum Gasteiger partial charge on any atom is 0.330 e. The van der Waals surface area contributed by atoms with E-state index in [-0.39, 0.29) is 0 Å². The second-order valence-corrected chi connectivity index (χ2v) is 12.0. The topological polar surface area (TPSA) is 129 Å². The van der Waals surface area contributed by atoms with Gasteiger partial charge in [-0.15, -0.1) is 0 Å². The third-order valence-electron chi connectivity index (χ3n) is 6.76. The van der Waals surface area contributed by atoms with Crippen LogP contribution in [0, 0.1) is 0 Å². The van der Waals surface area contributed by atoms with Crippen molar-refractivity contribution >= 4 is 7.60 Å². The first-order valence-electron chi connectivity index (χ1n) is 14.1. The van der Waals surface area contributed by atoms with Crippen molar-refractivity contribution in [1.82, 2.24) is 9.55 Å². The monoisotopic (exact) mass is 564 g/mol. The summed E-state index contributed by atoms with van der Waals surface area (Å²) in [6.07, 6.45) is 13.9. The number of ether oxygens (including phenoxy) is 2. The minimum absolute atomic E-state index is 0.295. The van der Waals surface area contributed by atoms with Crippen molar-refractivity contribution in [1.29, 1.82) is 0 Å². The van der Waals surface area contributed by atoms with E-state index in [1.807, 2.05) is 0 Å². The summed E-state index contributed by atoms with van der Waals surface area (Å²) in [5, 5.41) is 0. The Labute approximate surface area is 224 Å². The van der Waals surface area contributed by atoms with Gasteiger partial charge in [-0.3, -0.25) is 23.4 Å². The smallest absolute Gasteiger partial charge is 0.330 e. The average Bonchev–Trinajstić information content (AvgIpc) is 3.17. The number of nitrogens with one attached hydrogen (secondary N) is 1. The highest BCUT2D eigenvalue weighted by molar-refractivity contribution is 7.51. The van der Waals surface area contributed by atoms with Gasteiger partial charge in [0, 0.05) is 25.5 Å². The molecule has 12 heteroatoms. The molecular formula is C26H46FN2O8P. The summed E-state index contributed by atoms with van der Waals surface area (Å²) in [6, 6.07) is 1.14. The lowest BCUT2D eigenvalue weighted by Crippen LogP contribution is -2.40. The molecule has 10 nitrogen and oxygen atoms in total. The third-order valence-corrected chi connectivity index (χ3v) is 7.40. The molecule has 1 aliphatic rings. The van der Waals surface area contributed by atoms with Crippen molar-refractivity contribution in [2.24, 2.45) is 0 Å². The van der Waals surface area contributed by atoms with Crippen LogP contribution >= 0.6 is 7.60 Å². The average molecular weight is 565 g/mol. The summed E-state index contributed by atoms with van der Waals surface area (Å²) in [4.78, 5) is 39.5. The first-order valence-corrected chi connectivity index (χ1v) is 16.1. The van der Waals surface area contributed by atoms with Gasteiger partial charge in [-0.25, -0.2) is 4.79 Å². The lowest BCUT2D eigenvalue weighted by Gasteiger charge is -2.25. The number of aromatic nitrogens is 2. The van der Waals surface area contributed by atoms with Gasteiger partial charge in [-0.05, 0) is 10.9 Å². The predicted octanol–water partition coefficient (Wildman–Crippen LogP) is 5.40. The highest BCUT2D eigenvalue weighted by atomic mass is 31.2. The zero-order valence-corrected chi connectivity index (χ0v) is 23.7. The second-order valence-electron chi connectivity index (χ2n) is 10.2. The van der Waals surface area contributed by atoms with Gasteiger partial charge in [0.1, 0.15) is 24.9 Å². The molecule has 2 rings (SSSR count). The third kappa shape index (κ3) is 12.2. The number of halogens is 1. The van der Waals surface area contributed by atoms with E-state index in [4.69, 9.17) is 14.0 Å². The molecule has 2 N–H and O–H groups in total. The highest BCUT2D eigenvalue weighted by Gasteiger charge is 2.49. The summed E-state index contributed by atoms with van der Waals surface area (Å²) in [5.41, 5.74) is -1.34. The Hall–Kier alpha value is -1.36. The van der Waals surface area contributed by atoms with Gasteiger partial charge >= 0.3 is 13.3 Å². The summed E-state index contributed by atoms with van der Waals surface area (Å²) >= 11 is 0. The molecule has 38 heavy (non-hydrogen) atoms. The second kappa shape index (κ2) is 18.1. The van der Waals surface area contributed by atoms with Crippen LogP contribution in [0.2, 0.25) is 0 Å². The van der Waals surface area contributed by atoms with Gasteiger partial charge in [-0.1, -0.05) is 90.4 Å². The summed E-state index contributed by atoms with van der Waals surface area (Å²) in [5.74, 6) is 0. The Kier molecular flexibility index (Phi) is 15.6. The molecule has 5 atom stereocenters. The van der Waals surface area contributed by atoms with Crippen LogP contribution in [0.1, 0.15) is 103 Å². The predicted molar refractivity (Wildman–Crippen MR) is 143 cm³/mol. The van der Waals surface area contributed by atoms with Crippen LogP contribution in [0.5, 0.6) is 0 Å². The first-order chi connectivity index (χ1) is 18.3. The van der Waals surface area contributed by atoms with Crippen molar-refractivity contribution in [3.05, 3.63) is 33.1 Å². The molecule has 1 saturated heterocycles. The van der Waals surface area contributed by atoms with Gasteiger partial charge in [0.25, 0.3) is 5.56 Å². The molecule has 1 aromatic rings. The molecule has 0 bridgehead atoms. The van der Waals surface area contributed by atoms with Gasteiger partial charge in [0.05, 0.1) is 0 Å². The first kappa shape index (κ1) is 32.8. The molecule has 0 amide bonds. The fraction of sp³-hybridized carbons (Fsp3) is 0.846. The van der Waals surface area contributed by atoms with Crippen molar-refractivity contribution in [2.45, 2.75) is 121 Å². The van der Waals surface area contributed by atoms with Crippen molar-refractivity contribution in [3.8, 4) is 0 Å². The molecule has 1 aromatic heterocycles. The van der Waals surface area contributed by atoms with E-state index in [2.05, 4.69) is 16.8 Å². The molecule has 0 aliphatic carbocycles. The number of hydrogen-bond acceptors (Lipinski definition) is 7. The number of H-pyrrole nitrogens is 1. The van der Waals surface area contributed by atoms with Crippen molar-refractivity contribution in [3.63, 3.8) is 0 Å². The number of rotatable bonds is 21. The Morgan fingerprint density at radius 1 is 0.974 bits per heavy atom. The Balaban J connectivity index is 1.78. The van der Waals surface area contributed by atoms with Gasteiger partial charge < -0.3 is 14.4 Å². The van der Waals surface area contributed by atoms with Crippen LogP contribution in [0.3, 0.4) is 0 Å². The van der Waals surface area contributed by atoms with E-state index in [1.165, 1.54) is 70.4 Å². The number of hydrogen-bond donors (Lipinski definition) is 2. The zero-order valence-electron chi connectivity index (χ0n) is 22.9. The van der Waals surface area contributed by atoms with Crippen LogP contribution < -0.4 is 11.2 Å². The normalized spacial score (nSPS) is 23.1. The SMILES string of the molecule is CCCCCCCCCCCCCCCCOC1C(OP(C)(=O)O)C(COF)OC1n1ccc(=O)[nH]c1=O. The summed E-state index contributed by atoms with van der Waals surface area (Å²) < 4.78 is 42.8. The van der Waals surface area contributed by atoms with E-state index in [0.717, 1.165) is 43.0 Å². The summed E-state index contributed by atoms with van der Waals surface area (Å²) in [7, 11) is -4.01. The molecule has 0 spiro atoms. The highest BCUT2D eigenvalue weighted by Crippen LogP contribution is 2.45. The van der Waals surface area contributed by atoms with E-state index in [0.29, 0.717) is 6.61 Å². The Morgan fingerprint density at radius 2 is 1.53 bits per heavy atom. The zero-order chi connectivity index (χ0) is 27.8. The lowest BCUT2D eigenvalue weighted by molar-refractivity contribution is -0.175. The maximum absolute atomic E-state index is 12.7. The molecule has 0 radical (unpaired) electrons. The van der Waals surface area contributed by atoms with E-state index in [1.54, 1.807) is 0 Å². The van der Waals surface area contributed by atoms with E-state index >= 15 is 0 Å². The van der Waals surface area contributed by atoms with Crippen molar-refractivity contribution in [2.75, 3.05) is 19.9 Å². The molecular weight excluding hydrogens is 518 g/mol. The largest absolute Gasteiger partial charge is 0.371 e. The maximum atomic E-state index is 12.7. The Morgan fingerprint density at radius 3 is 2.03 bits per heavy atom. The van der Waals surface area contributed by atoms with Crippen molar-refractivity contribution < 1.29 is 32.9 Å². The van der Waals surface area contributed by atoms with Crippen LogP contribution in [0.4, 0.5) is 4.53 Å². The van der Waals surface area contributed by atoms with Gasteiger partial charge in [-0.2, -0.15) is 4.94 Å². The molecule has 0 saturated carbocycles. The van der Waals surface area contributed by atoms with Gasteiger partial charge in [0.2, 0.25) is 0 Å². The number of nitrogens with zero attached hydrogens (tertiary/aromatic N) is 1. The van der Waals surface area contributed by atoms with E-state index in [9.17, 15) is 23.6 Å². The fourth-order valence-corrected chi connectivity index (χ4v) is 5.51. The van der Waals surface area contributed by atoms with Crippen LogP contribution in [0.15, 0.2) is 21.9 Å². The molecule has 1 fully saturated rings. The molecule has 5 unspecified atom stereocenters. The standard InChI is InChI=1S/C26H46FN2O8P/c1-3-4-5-6-7-8-9-10-11-12-13-14-15-16-19-34-24-23(37-38(2,32)33)21(20-35-27)36-25(24)29-18-17-22(30)28-26(29)31/h17-18,21,23-25H,3-16,19-20H2,1-2H3,(H,32,33)(H,28,30,31). The van der Waals surface area contributed by atoms with Crippen LogP contribution in [-0.4, -0.2) is 52.6 Å². The minimum atomic E-state index is -4.01. The lowest BCUT2D eigenvalue weighted by atomic mass is 10.0.